The van der Waals surface area contributed by atoms with Gasteiger partial charge in [-0.15, -0.1) is 0 Å². The number of rotatable bonds is 2. The van der Waals surface area contributed by atoms with Gasteiger partial charge in [0.25, 0.3) is 0 Å². The molecule has 0 saturated carbocycles. The summed E-state index contributed by atoms with van der Waals surface area (Å²) >= 11 is 0. The largest absolute Gasteiger partial charge is 0.497 e. The maximum absolute atomic E-state index is 11.6. The predicted octanol–water partition coefficient (Wildman–Crippen LogP) is 3.96. The number of ether oxygens (including phenoxy) is 1. The van der Waals surface area contributed by atoms with Crippen molar-refractivity contribution in [2.45, 2.75) is 5.60 Å². The highest BCUT2D eigenvalue weighted by Crippen LogP contribution is 2.51. The van der Waals surface area contributed by atoms with Crippen molar-refractivity contribution in [3.63, 3.8) is 0 Å². The third-order valence-electron chi connectivity index (χ3n) is 4.42. The molecule has 0 bridgehead atoms. The molecule has 0 spiro atoms. The highest BCUT2D eigenvalue weighted by molar-refractivity contribution is 5.83. The first-order chi connectivity index (χ1) is 10.7. The molecule has 1 aliphatic carbocycles. The molecule has 0 amide bonds. The van der Waals surface area contributed by atoms with E-state index in [0.29, 0.717) is 0 Å². The number of fused-ring (bicyclic) bond motifs is 3. The van der Waals surface area contributed by atoms with Crippen LogP contribution in [0.5, 0.6) is 5.75 Å². The van der Waals surface area contributed by atoms with Gasteiger partial charge in [0.05, 0.1) is 7.11 Å². The van der Waals surface area contributed by atoms with Gasteiger partial charge in [-0.1, -0.05) is 60.7 Å². The maximum atomic E-state index is 11.6. The standard InChI is InChI=1S/C20H16O2/c1-22-15-11-12-19-17(13-15)16-9-5-6-10-18(16)20(19,21)14-7-3-2-4-8-14/h2-13,21H,1H3. The van der Waals surface area contributed by atoms with Crippen LogP contribution in [0.4, 0.5) is 0 Å². The minimum absolute atomic E-state index is 0.797. The van der Waals surface area contributed by atoms with Crippen LogP contribution in [0.3, 0.4) is 0 Å². The SMILES string of the molecule is COc1ccc2c(c1)-c1ccccc1C2(O)c1ccccc1. The van der Waals surface area contributed by atoms with Crippen LogP contribution in [0.15, 0.2) is 72.8 Å². The van der Waals surface area contributed by atoms with E-state index in [9.17, 15) is 5.11 Å². The van der Waals surface area contributed by atoms with Crippen molar-refractivity contribution in [1.29, 1.82) is 0 Å². The molecule has 1 N–H and O–H groups in total. The summed E-state index contributed by atoms with van der Waals surface area (Å²) in [5, 5.41) is 11.6. The van der Waals surface area contributed by atoms with Gasteiger partial charge in [0.1, 0.15) is 11.4 Å². The molecule has 4 rings (SSSR count). The first-order valence-electron chi connectivity index (χ1n) is 7.31. The Balaban J connectivity index is 2.06. The summed E-state index contributed by atoms with van der Waals surface area (Å²) in [5.74, 6) is 0.797. The number of methoxy groups -OCH3 is 1. The van der Waals surface area contributed by atoms with Crippen molar-refractivity contribution >= 4 is 0 Å². The van der Waals surface area contributed by atoms with E-state index in [2.05, 4.69) is 6.07 Å². The lowest BCUT2D eigenvalue weighted by Crippen LogP contribution is -2.25. The topological polar surface area (TPSA) is 29.5 Å². The fourth-order valence-corrected chi connectivity index (χ4v) is 3.36. The molecule has 1 aliphatic rings. The predicted molar refractivity (Wildman–Crippen MR) is 87.0 cm³/mol. The second-order valence-electron chi connectivity index (χ2n) is 5.53. The van der Waals surface area contributed by atoms with Gasteiger partial charge in [0, 0.05) is 11.1 Å². The molecule has 1 unspecified atom stereocenters. The highest BCUT2D eigenvalue weighted by Gasteiger charge is 2.42. The van der Waals surface area contributed by atoms with Gasteiger partial charge in [0.2, 0.25) is 0 Å². The Hall–Kier alpha value is -2.58. The van der Waals surface area contributed by atoms with E-state index in [1.165, 1.54) is 0 Å². The van der Waals surface area contributed by atoms with Gasteiger partial charge in [-0.05, 0) is 28.8 Å². The van der Waals surface area contributed by atoms with Gasteiger partial charge in [-0.25, -0.2) is 0 Å². The zero-order valence-corrected chi connectivity index (χ0v) is 12.3. The van der Waals surface area contributed by atoms with Crippen LogP contribution in [0, 0.1) is 0 Å². The Bertz CT molecular complexity index is 839. The van der Waals surface area contributed by atoms with Gasteiger partial charge >= 0.3 is 0 Å². The molecule has 2 nitrogen and oxygen atoms in total. The number of hydrogen-bond acceptors (Lipinski definition) is 2. The van der Waals surface area contributed by atoms with Gasteiger partial charge in [0.15, 0.2) is 0 Å². The molecule has 3 aromatic carbocycles. The first kappa shape index (κ1) is 13.1. The Morgan fingerprint density at radius 2 is 1.45 bits per heavy atom. The van der Waals surface area contributed by atoms with Crippen LogP contribution in [-0.4, -0.2) is 12.2 Å². The molecule has 22 heavy (non-hydrogen) atoms. The van der Waals surface area contributed by atoms with E-state index in [0.717, 1.165) is 33.6 Å². The summed E-state index contributed by atoms with van der Waals surface area (Å²) in [7, 11) is 1.66. The fourth-order valence-electron chi connectivity index (χ4n) is 3.36. The summed E-state index contributed by atoms with van der Waals surface area (Å²) < 4.78 is 5.35. The Morgan fingerprint density at radius 3 is 2.23 bits per heavy atom. The molecule has 3 aromatic rings. The summed E-state index contributed by atoms with van der Waals surface area (Å²) in [5.41, 5.74) is 3.68. The van der Waals surface area contributed by atoms with Gasteiger partial charge in [-0.3, -0.25) is 0 Å². The Labute approximate surface area is 129 Å². The Kier molecular flexibility index (Phi) is 2.81. The van der Waals surface area contributed by atoms with Crippen molar-refractivity contribution in [2.75, 3.05) is 7.11 Å². The number of hydrogen-bond donors (Lipinski definition) is 1. The van der Waals surface area contributed by atoms with E-state index < -0.39 is 5.60 Å². The second-order valence-corrected chi connectivity index (χ2v) is 5.53. The maximum Gasteiger partial charge on any atom is 0.141 e. The third-order valence-corrected chi connectivity index (χ3v) is 4.42. The summed E-state index contributed by atoms with van der Waals surface area (Å²) in [6.45, 7) is 0. The molecule has 0 saturated heterocycles. The van der Waals surface area contributed by atoms with Crippen molar-refractivity contribution in [3.8, 4) is 16.9 Å². The van der Waals surface area contributed by atoms with Crippen molar-refractivity contribution in [1.82, 2.24) is 0 Å². The normalized spacial score (nSPS) is 18.6. The summed E-state index contributed by atoms with van der Waals surface area (Å²) in [6, 6.07) is 23.7. The van der Waals surface area contributed by atoms with E-state index in [1.54, 1.807) is 7.11 Å². The molecule has 0 aliphatic heterocycles. The average molecular weight is 288 g/mol. The molecule has 2 heteroatoms. The molecule has 0 fully saturated rings. The van der Waals surface area contributed by atoms with Gasteiger partial charge < -0.3 is 9.84 Å². The van der Waals surface area contributed by atoms with E-state index in [-0.39, 0.29) is 0 Å². The zero-order valence-electron chi connectivity index (χ0n) is 12.3. The van der Waals surface area contributed by atoms with Crippen LogP contribution in [0.2, 0.25) is 0 Å². The quantitative estimate of drug-likeness (QED) is 0.773. The lowest BCUT2D eigenvalue weighted by atomic mass is 9.84. The minimum Gasteiger partial charge on any atom is -0.497 e. The number of benzene rings is 3. The monoisotopic (exact) mass is 288 g/mol. The lowest BCUT2D eigenvalue weighted by molar-refractivity contribution is 0.130. The average Bonchev–Trinajstić information content (AvgIpc) is 2.86. The van der Waals surface area contributed by atoms with E-state index in [4.69, 9.17) is 4.74 Å². The van der Waals surface area contributed by atoms with Crippen molar-refractivity contribution in [3.05, 3.63) is 89.5 Å². The van der Waals surface area contributed by atoms with Crippen LogP contribution < -0.4 is 4.74 Å². The highest BCUT2D eigenvalue weighted by atomic mass is 16.5. The fraction of sp³-hybridized carbons (Fsp3) is 0.100. The van der Waals surface area contributed by atoms with Crippen LogP contribution in [-0.2, 0) is 5.60 Å². The molecular weight excluding hydrogens is 272 g/mol. The molecule has 0 heterocycles. The second kappa shape index (κ2) is 4.72. The zero-order chi connectivity index (χ0) is 15.2. The Morgan fingerprint density at radius 1 is 0.773 bits per heavy atom. The van der Waals surface area contributed by atoms with Gasteiger partial charge in [-0.2, -0.15) is 0 Å². The van der Waals surface area contributed by atoms with Crippen molar-refractivity contribution < 1.29 is 9.84 Å². The molecular formula is C20H16O2. The van der Waals surface area contributed by atoms with Crippen LogP contribution in [0.1, 0.15) is 16.7 Å². The van der Waals surface area contributed by atoms with Crippen molar-refractivity contribution in [2.24, 2.45) is 0 Å². The van der Waals surface area contributed by atoms with Crippen LogP contribution >= 0.6 is 0 Å². The molecule has 108 valence electrons. The molecule has 1 atom stereocenters. The smallest absolute Gasteiger partial charge is 0.141 e. The third kappa shape index (κ3) is 1.65. The van der Waals surface area contributed by atoms with E-state index in [1.807, 2.05) is 66.7 Å². The minimum atomic E-state index is -1.11. The summed E-state index contributed by atoms with van der Waals surface area (Å²) in [4.78, 5) is 0. The number of aliphatic hydroxyl groups is 1. The van der Waals surface area contributed by atoms with Crippen LogP contribution in [0.25, 0.3) is 11.1 Å². The summed E-state index contributed by atoms with van der Waals surface area (Å²) in [6.07, 6.45) is 0. The molecule has 0 aromatic heterocycles. The first-order valence-corrected chi connectivity index (χ1v) is 7.31. The lowest BCUT2D eigenvalue weighted by Gasteiger charge is -2.26. The molecule has 0 radical (unpaired) electrons. The van der Waals surface area contributed by atoms with E-state index >= 15 is 0 Å².